The van der Waals surface area contributed by atoms with Crippen molar-refractivity contribution >= 4 is 46.4 Å². The average molecular weight is 396 g/mol. The van der Waals surface area contributed by atoms with Crippen LogP contribution < -0.4 is 15.5 Å². The van der Waals surface area contributed by atoms with E-state index in [-0.39, 0.29) is 35.8 Å². The van der Waals surface area contributed by atoms with E-state index in [1.807, 2.05) is 43.3 Å². The molecule has 0 saturated heterocycles. The smallest absolute Gasteiger partial charge is 0.261 e. The van der Waals surface area contributed by atoms with Crippen molar-refractivity contribution in [1.82, 2.24) is 10.2 Å². The lowest BCUT2D eigenvalue weighted by atomic mass is 10.1. The molecule has 1 aliphatic rings. The molecule has 2 N–H and O–H groups in total. The summed E-state index contributed by atoms with van der Waals surface area (Å²) in [4.78, 5) is 39.8. The number of carbonyl (C=O) groups excluding carboxylic acids is 3. The maximum Gasteiger partial charge on any atom is 0.261 e. The first-order chi connectivity index (χ1) is 13.4. The zero-order chi connectivity index (χ0) is 20.3. The molecule has 28 heavy (non-hydrogen) atoms. The molecular weight excluding hydrogens is 376 g/mol. The van der Waals surface area contributed by atoms with E-state index in [4.69, 9.17) is 12.2 Å². The lowest BCUT2D eigenvalue weighted by Gasteiger charge is -2.15. The highest BCUT2D eigenvalue weighted by Crippen LogP contribution is 2.22. The van der Waals surface area contributed by atoms with Crippen molar-refractivity contribution < 1.29 is 14.4 Å². The highest BCUT2D eigenvalue weighted by Gasteiger charge is 2.34. The van der Waals surface area contributed by atoms with Gasteiger partial charge in [-0.1, -0.05) is 12.1 Å². The second-order valence-corrected chi connectivity index (χ2v) is 6.91. The van der Waals surface area contributed by atoms with Gasteiger partial charge in [0, 0.05) is 38.4 Å². The third-order valence-corrected chi connectivity index (χ3v) is 4.54. The quantitative estimate of drug-likeness (QED) is 0.596. The molecule has 8 heteroatoms. The standard InChI is InChI=1S/C20H20N4O3S/c1-23(2)14-9-7-13(8-10-14)21-20(28)22-17(25)11-12-24-18(26)15-5-3-4-6-16(15)19(24)27/h3-10H,11-12H2,1-2H3,(H2,21,22,25,28). The largest absolute Gasteiger partial charge is 0.378 e. The summed E-state index contributed by atoms with van der Waals surface area (Å²) in [6.07, 6.45) is -0.0349. The van der Waals surface area contributed by atoms with Crippen LogP contribution >= 0.6 is 12.2 Å². The van der Waals surface area contributed by atoms with E-state index < -0.39 is 0 Å². The Hall–Kier alpha value is -3.26. The molecule has 0 atom stereocenters. The molecule has 0 aliphatic carbocycles. The van der Waals surface area contributed by atoms with E-state index in [0.717, 1.165) is 16.3 Å². The molecule has 0 saturated carbocycles. The first-order valence-corrected chi connectivity index (χ1v) is 9.11. The number of imide groups is 1. The number of anilines is 2. The number of hydrogen-bond acceptors (Lipinski definition) is 5. The first-order valence-electron chi connectivity index (χ1n) is 8.70. The topological polar surface area (TPSA) is 81.8 Å². The highest BCUT2D eigenvalue weighted by molar-refractivity contribution is 7.80. The van der Waals surface area contributed by atoms with Gasteiger partial charge < -0.3 is 15.5 Å². The minimum Gasteiger partial charge on any atom is -0.378 e. The van der Waals surface area contributed by atoms with Crippen LogP contribution in [0.5, 0.6) is 0 Å². The molecule has 0 bridgehead atoms. The van der Waals surface area contributed by atoms with Gasteiger partial charge in [0.15, 0.2) is 5.11 Å². The van der Waals surface area contributed by atoms with E-state index in [1.165, 1.54) is 0 Å². The molecule has 0 spiro atoms. The number of nitrogens with zero attached hydrogens (tertiary/aromatic N) is 2. The molecule has 0 unspecified atom stereocenters. The number of amides is 3. The van der Waals surface area contributed by atoms with Crippen molar-refractivity contribution in [3.63, 3.8) is 0 Å². The van der Waals surface area contributed by atoms with Crippen LogP contribution in [-0.4, -0.2) is 48.4 Å². The van der Waals surface area contributed by atoms with Crippen molar-refractivity contribution in [2.75, 3.05) is 30.9 Å². The zero-order valence-electron chi connectivity index (χ0n) is 15.6. The minimum absolute atomic E-state index is 0.00166. The molecule has 3 amide bonds. The molecule has 3 rings (SSSR count). The molecular formula is C20H20N4O3S. The summed E-state index contributed by atoms with van der Waals surface area (Å²) in [6.45, 7) is -0.00166. The Bertz CT molecular complexity index is 906. The van der Waals surface area contributed by atoms with Crippen LogP contribution in [0, 0.1) is 0 Å². The number of nitrogens with one attached hydrogen (secondary N) is 2. The summed E-state index contributed by atoms with van der Waals surface area (Å²) in [5.41, 5.74) is 2.52. The summed E-state index contributed by atoms with van der Waals surface area (Å²) < 4.78 is 0. The van der Waals surface area contributed by atoms with Gasteiger partial charge >= 0.3 is 0 Å². The summed E-state index contributed by atoms with van der Waals surface area (Å²) in [5, 5.41) is 5.65. The average Bonchev–Trinajstić information content (AvgIpc) is 2.91. The van der Waals surface area contributed by atoms with Crippen LogP contribution in [0.4, 0.5) is 11.4 Å². The first kappa shape index (κ1) is 19.5. The number of hydrogen-bond donors (Lipinski definition) is 2. The van der Waals surface area contributed by atoms with Gasteiger partial charge in [-0.15, -0.1) is 0 Å². The number of rotatable bonds is 5. The van der Waals surface area contributed by atoms with Gasteiger partial charge in [-0.2, -0.15) is 0 Å². The normalized spacial score (nSPS) is 12.6. The third kappa shape index (κ3) is 4.17. The van der Waals surface area contributed by atoms with Crippen molar-refractivity contribution in [3.05, 3.63) is 59.7 Å². The fourth-order valence-corrected chi connectivity index (χ4v) is 3.08. The van der Waals surface area contributed by atoms with E-state index >= 15 is 0 Å². The van der Waals surface area contributed by atoms with E-state index in [9.17, 15) is 14.4 Å². The fourth-order valence-electron chi connectivity index (χ4n) is 2.85. The van der Waals surface area contributed by atoms with Gasteiger partial charge in [0.1, 0.15) is 0 Å². The van der Waals surface area contributed by atoms with Crippen molar-refractivity contribution in [1.29, 1.82) is 0 Å². The van der Waals surface area contributed by atoms with Crippen molar-refractivity contribution in [2.24, 2.45) is 0 Å². The Morgan fingerprint density at radius 3 is 2.11 bits per heavy atom. The Balaban J connectivity index is 1.50. The maximum atomic E-state index is 12.3. The zero-order valence-corrected chi connectivity index (χ0v) is 16.4. The predicted octanol–water partition coefficient (Wildman–Crippen LogP) is 2.25. The highest BCUT2D eigenvalue weighted by atomic mass is 32.1. The van der Waals surface area contributed by atoms with Crippen LogP contribution in [0.2, 0.25) is 0 Å². The van der Waals surface area contributed by atoms with Crippen LogP contribution in [0.3, 0.4) is 0 Å². The fraction of sp³-hybridized carbons (Fsp3) is 0.200. The van der Waals surface area contributed by atoms with E-state index in [2.05, 4.69) is 10.6 Å². The van der Waals surface area contributed by atoms with Crippen molar-refractivity contribution in [2.45, 2.75) is 6.42 Å². The number of benzene rings is 2. The SMILES string of the molecule is CN(C)c1ccc(NC(=S)NC(=O)CCN2C(=O)c3ccccc3C2=O)cc1. The molecule has 1 aliphatic heterocycles. The summed E-state index contributed by atoms with van der Waals surface area (Å²) in [7, 11) is 3.89. The van der Waals surface area contributed by atoms with Crippen molar-refractivity contribution in [3.8, 4) is 0 Å². The molecule has 0 aromatic heterocycles. The predicted molar refractivity (Wildman–Crippen MR) is 112 cm³/mol. The van der Waals surface area contributed by atoms with Gasteiger partial charge in [0.2, 0.25) is 5.91 Å². The number of fused-ring (bicyclic) bond motifs is 1. The molecule has 2 aromatic carbocycles. The van der Waals surface area contributed by atoms with E-state index in [1.54, 1.807) is 24.3 Å². The monoisotopic (exact) mass is 396 g/mol. The van der Waals surface area contributed by atoms with Gasteiger partial charge in [0.25, 0.3) is 11.8 Å². The summed E-state index contributed by atoms with van der Waals surface area (Å²) in [6, 6.07) is 14.2. The molecule has 1 heterocycles. The molecule has 0 fully saturated rings. The maximum absolute atomic E-state index is 12.3. The lowest BCUT2D eigenvalue weighted by Crippen LogP contribution is -2.38. The third-order valence-electron chi connectivity index (χ3n) is 4.34. The summed E-state index contributed by atoms with van der Waals surface area (Å²) >= 11 is 5.15. The van der Waals surface area contributed by atoms with Gasteiger partial charge in [-0.3, -0.25) is 19.3 Å². The summed E-state index contributed by atoms with van der Waals surface area (Å²) in [5.74, 6) is -1.14. The Kier molecular flexibility index (Phi) is 5.70. The minimum atomic E-state index is -0.380. The van der Waals surface area contributed by atoms with Gasteiger partial charge in [-0.05, 0) is 48.6 Å². The van der Waals surface area contributed by atoms with E-state index in [0.29, 0.717) is 11.1 Å². The molecule has 0 radical (unpaired) electrons. The van der Waals surface area contributed by atoms with Gasteiger partial charge in [-0.25, -0.2) is 0 Å². The lowest BCUT2D eigenvalue weighted by molar-refractivity contribution is -0.119. The van der Waals surface area contributed by atoms with Crippen LogP contribution in [-0.2, 0) is 4.79 Å². The number of thiocarbonyl (C=S) groups is 1. The second-order valence-electron chi connectivity index (χ2n) is 6.50. The Labute approximate surface area is 168 Å². The molecule has 7 nitrogen and oxygen atoms in total. The molecule has 2 aromatic rings. The van der Waals surface area contributed by atoms with Crippen LogP contribution in [0.1, 0.15) is 27.1 Å². The van der Waals surface area contributed by atoms with Crippen LogP contribution in [0.15, 0.2) is 48.5 Å². The second kappa shape index (κ2) is 8.18. The molecule has 144 valence electrons. The number of carbonyl (C=O) groups is 3. The Morgan fingerprint density at radius 1 is 1.00 bits per heavy atom. The Morgan fingerprint density at radius 2 is 1.57 bits per heavy atom. The van der Waals surface area contributed by atoms with Gasteiger partial charge in [0.05, 0.1) is 11.1 Å². The van der Waals surface area contributed by atoms with Crippen LogP contribution in [0.25, 0.3) is 0 Å².